The molecule has 1 aliphatic rings. The van der Waals surface area contributed by atoms with Gasteiger partial charge in [-0.2, -0.15) is 0 Å². The van der Waals surface area contributed by atoms with E-state index < -0.39 is 17.5 Å². The maximum atomic E-state index is 12.8. The molecule has 7 nitrogen and oxygen atoms in total. The molecule has 0 radical (unpaired) electrons. The molecule has 1 aliphatic carbocycles. The van der Waals surface area contributed by atoms with Gasteiger partial charge in [-0.05, 0) is 25.8 Å². The van der Waals surface area contributed by atoms with Gasteiger partial charge in [0.15, 0.2) is 0 Å². The van der Waals surface area contributed by atoms with Gasteiger partial charge in [0.05, 0.1) is 21.3 Å². The summed E-state index contributed by atoms with van der Waals surface area (Å²) in [5.74, 6) is -1.63. The first-order chi connectivity index (χ1) is 13.9. The highest BCUT2D eigenvalue weighted by molar-refractivity contribution is 6.24. The van der Waals surface area contributed by atoms with Gasteiger partial charge in [0, 0.05) is 16.7 Å². The molecule has 0 atom stereocenters. The highest BCUT2D eigenvalue weighted by Crippen LogP contribution is 2.28. The first kappa shape index (κ1) is 24.6. The molecular weight excluding hydrogens is 374 g/mol. The van der Waals surface area contributed by atoms with E-state index in [4.69, 9.17) is 14.3 Å². The predicted octanol–water partition coefficient (Wildman–Crippen LogP) is 3.70. The fraction of sp³-hybridized carbons (Fsp3) is 0.591. The molecule has 0 unspecified atom stereocenters. The molecule has 1 amide bonds. The number of ether oxygens (including phenoxy) is 2. The lowest BCUT2D eigenvalue weighted by Gasteiger charge is -2.19. The number of rotatable bonds is 13. The molecular formula is C22H33NO6. The maximum absolute atomic E-state index is 12.8. The minimum absolute atomic E-state index is 0.123. The molecule has 0 aromatic heterocycles. The molecule has 1 N–H and O–H groups in total. The van der Waals surface area contributed by atoms with Gasteiger partial charge in [-0.1, -0.05) is 45.4 Å². The predicted molar refractivity (Wildman–Crippen MR) is 110 cm³/mol. The average molecular weight is 408 g/mol. The Balaban J connectivity index is 3.00. The molecule has 7 heteroatoms. The monoisotopic (exact) mass is 407 g/mol. The fourth-order valence-electron chi connectivity index (χ4n) is 3.19. The molecule has 0 saturated carbocycles. The van der Waals surface area contributed by atoms with E-state index >= 15 is 0 Å². The zero-order chi connectivity index (χ0) is 21.8. The molecule has 29 heavy (non-hydrogen) atoms. The smallest absolute Gasteiger partial charge is 0.270 e. The standard InChI is InChI=1S/C22H33NO6/c1-6-7-8-9-10-11-12-13-16(22(26)23-29-5)14-17-15(2)18(24)20(27-3)21(28-4)19(17)25/h14H,6-13H2,1-5H3,(H,23,26)/b16-14+. The molecule has 0 aliphatic heterocycles. The van der Waals surface area contributed by atoms with Crippen molar-refractivity contribution in [2.24, 2.45) is 0 Å². The van der Waals surface area contributed by atoms with Crippen molar-refractivity contribution in [2.75, 3.05) is 21.3 Å². The first-order valence-electron chi connectivity index (χ1n) is 10.1. The van der Waals surface area contributed by atoms with E-state index in [2.05, 4.69) is 12.4 Å². The normalized spacial score (nSPS) is 15.1. The van der Waals surface area contributed by atoms with Crippen LogP contribution in [0.1, 0.15) is 65.2 Å². The van der Waals surface area contributed by atoms with Crippen LogP contribution in [0, 0.1) is 0 Å². The van der Waals surface area contributed by atoms with E-state index in [1.165, 1.54) is 60.0 Å². The van der Waals surface area contributed by atoms with Crippen molar-refractivity contribution < 1.29 is 28.7 Å². The molecule has 0 heterocycles. The van der Waals surface area contributed by atoms with Gasteiger partial charge >= 0.3 is 0 Å². The van der Waals surface area contributed by atoms with Crippen LogP contribution in [-0.2, 0) is 28.7 Å². The number of unbranched alkanes of at least 4 members (excludes halogenated alkanes) is 6. The summed E-state index contributed by atoms with van der Waals surface area (Å²) >= 11 is 0. The number of Topliss-reactive ketones (excluding diaryl/α,β-unsaturated/α-hetero) is 2. The van der Waals surface area contributed by atoms with Crippen molar-refractivity contribution in [3.8, 4) is 0 Å². The van der Waals surface area contributed by atoms with Crippen LogP contribution in [0.15, 0.2) is 34.3 Å². The summed E-state index contributed by atoms with van der Waals surface area (Å²) in [5, 5.41) is 0. The van der Waals surface area contributed by atoms with Crippen LogP contribution in [0.4, 0.5) is 0 Å². The topological polar surface area (TPSA) is 90.9 Å². The van der Waals surface area contributed by atoms with Crippen molar-refractivity contribution in [1.82, 2.24) is 5.48 Å². The quantitative estimate of drug-likeness (QED) is 0.217. The number of hydroxylamine groups is 1. The van der Waals surface area contributed by atoms with E-state index in [-0.39, 0.29) is 22.7 Å². The zero-order valence-electron chi connectivity index (χ0n) is 18.2. The largest absolute Gasteiger partial charge is 0.489 e. The number of methoxy groups -OCH3 is 2. The van der Waals surface area contributed by atoms with E-state index in [1.807, 2.05) is 0 Å². The van der Waals surface area contributed by atoms with Crippen LogP contribution in [0.3, 0.4) is 0 Å². The number of nitrogens with one attached hydrogen (secondary N) is 1. The maximum Gasteiger partial charge on any atom is 0.270 e. The van der Waals surface area contributed by atoms with Crippen molar-refractivity contribution in [3.05, 3.63) is 34.3 Å². The van der Waals surface area contributed by atoms with Crippen molar-refractivity contribution in [2.45, 2.75) is 65.2 Å². The molecule has 0 saturated heterocycles. The fourth-order valence-corrected chi connectivity index (χ4v) is 3.19. The zero-order valence-corrected chi connectivity index (χ0v) is 18.2. The van der Waals surface area contributed by atoms with Crippen LogP contribution < -0.4 is 5.48 Å². The van der Waals surface area contributed by atoms with Crippen LogP contribution in [0.2, 0.25) is 0 Å². The molecule has 1 rings (SSSR count). The number of carbonyl (C=O) groups is 3. The molecule has 162 valence electrons. The summed E-state index contributed by atoms with van der Waals surface area (Å²) in [4.78, 5) is 42.4. The molecule has 0 spiro atoms. The van der Waals surface area contributed by atoms with E-state index in [0.717, 1.165) is 19.3 Å². The summed E-state index contributed by atoms with van der Waals surface area (Å²) in [7, 11) is 3.96. The third-order valence-corrected chi connectivity index (χ3v) is 4.87. The summed E-state index contributed by atoms with van der Waals surface area (Å²) in [6.45, 7) is 3.72. The Hall–Kier alpha value is -2.41. The second kappa shape index (κ2) is 12.9. The van der Waals surface area contributed by atoms with E-state index in [9.17, 15) is 14.4 Å². The van der Waals surface area contributed by atoms with Gasteiger partial charge in [0.25, 0.3) is 5.91 Å². The lowest BCUT2D eigenvalue weighted by Crippen LogP contribution is -2.27. The van der Waals surface area contributed by atoms with Gasteiger partial charge in [0.2, 0.25) is 23.1 Å². The lowest BCUT2D eigenvalue weighted by atomic mass is 9.90. The van der Waals surface area contributed by atoms with E-state index in [0.29, 0.717) is 12.0 Å². The van der Waals surface area contributed by atoms with Crippen molar-refractivity contribution >= 4 is 17.5 Å². The van der Waals surface area contributed by atoms with Gasteiger partial charge in [-0.15, -0.1) is 0 Å². The van der Waals surface area contributed by atoms with Gasteiger partial charge in [-0.3, -0.25) is 19.2 Å². The molecule has 0 aromatic carbocycles. The Bertz CT molecular complexity index is 702. The molecule has 0 aromatic rings. The van der Waals surface area contributed by atoms with Crippen LogP contribution in [-0.4, -0.2) is 38.8 Å². The van der Waals surface area contributed by atoms with Gasteiger partial charge in [-0.25, -0.2) is 5.48 Å². The number of hydrogen-bond acceptors (Lipinski definition) is 6. The van der Waals surface area contributed by atoms with Crippen LogP contribution >= 0.6 is 0 Å². The van der Waals surface area contributed by atoms with Crippen LogP contribution in [0.5, 0.6) is 0 Å². The van der Waals surface area contributed by atoms with Gasteiger partial charge in [0.1, 0.15) is 0 Å². The molecule has 0 bridgehead atoms. The highest BCUT2D eigenvalue weighted by atomic mass is 16.6. The highest BCUT2D eigenvalue weighted by Gasteiger charge is 2.34. The lowest BCUT2D eigenvalue weighted by molar-refractivity contribution is -0.127. The number of amides is 1. The second-order valence-corrected chi connectivity index (χ2v) is 6.94. The SMILES string of the molecule is CCCCCCCCC/C(=C\C1=C(C)C(=O)C(OC)=C(OC)C1=O)C(=O)NOC. The number of carbonyl (C=O) groups excluding carboxylic acids is 3. The Kier molecular flexibility index (Phi) is 11.0. The minimum atomic E-state index is -0.483. The Morgan fingerprint density at radius 3 is 2.00 bits per heavy atom. The Labute approximate surface area is 173 Å². The second-order valence-electron chi connectivity index (χ2n) is 6.94. The number of hydrogen-bond donors (Lipinski definition) is 1. The first-order valence-corrected chi connectivity index (χ1v) is 10.1. The average Bonchev–Trinajstić information content (AvgIpc) is 2.71. The van der Waals surface area contributed by atoms with Gasteiger partial charge < -0.3 is 9.47 Å². The number of allylic oxidation sites excluding steroid dienone is 3. The van der Waals surface area contributed by atoms with Crippen LogP contribution in [0.25, 0.3) is 0 Å². The van der Waals surface area contributed by atoms with Crippen molar-refractivity contribution in [3.63, 3.8) is 0 Å². The summed E-state index contributed by atoms with van der Waals surface area (Å²) in [6.07, 6.45) is 9.68. The third kappa shape index (κ3) is 6.85. The summed E-state index contributed by atoms with van der Waals surface area (Å²) in [5.41, 5.74) is 3.03. The Morgan fingerprint density at radius 2 is 1.45 bits per heavy atom. The number of ketones is 2. The summed E-state index contributed by atoms with van der Waals surface area (Å²) in [6, 6.07) is 0. The Morgan fingerprint density at radius 1 is 0.897 bits per heavy atom. The van der Waals surface area contributed by atoms with Crippen molar-refractivity contribution in [1.29, 1.82) is 0 Å². The minimum Gasteiger partial charge on any atom is -0.489 e. The molecule has 0 fully saturated rings. The third-order valence-electron chi connectivity index (χ3n) is 4.87. The summed E-state index contributed by atoms with van der Waals surface area (Å²) < 4.78 is 10.1. The van der Waals surface area contributed by atoms with E-state index in [1.54, 1.807) is 0 Å².